The number of furan rings is 1. The van der Waals surface area contributed by atoms with Gasteiger partial charge in [-0.3, -0.25) is 0 Å². The zero-order valence-corrected chi connectivity index (χ0v) is 7.65. The molecule has 70 valence electrons. The molecule has 0 unspecified atom stereocenters. The molecule has 0 aromatic carbocycles. The Morgan fingerprint density at radius 1 is 1.62 bits per heavy atom. The van der Waals surface area contributed by atoms with Crippen LogP contribution in [0.4, 0.5) is 0 Å². The van der Waals surface area contributed by atoms with E-state index in [1.807, 2.05) is 6.92 Å². The highest BCUT2D eigenvalue weighted by molar-refractivity contribution is 7.89. The molecule has 7 heteroatoms. The average molecular weight is 201 g/mol. The maximum Gasteiger partial charge on any atom is 0.297 e. The molecule has 1 rings (SSSR count). The van der Waals surface area contributed by atoms with Gasteiger partial charge in [0, 0.05) is 15.9 Å². The third kappa shape index (κ3) is 2.01. The Morgan fingerprint density at radius 3 is 2.77 bits per heavy atom. The number of hydrogen-bond donors (Lipinski definition) is 0. The fourth-order valence-electron chi connectivity index (χ4n) is 0.775. The van der Waals surface area contributed by atoms with Gasteiger partial charge in [0.1, 0.15) is 5.76 Å². The standard InChI is InChI=1S/C6H7N3O3S/c1-2-5-3-4-6(12-5)13(10,11)9-8-7/h3-4H,2H2,1H3. The molecular weight excluding hydrogens is 194 g/mol. The lowest BCUT2D eigenvalue weighted by Gasteiger charge is -1.89. The number of hydrogen-bond acceptors (Lipinski definition) is 3. The summed E-state index contributed by atoms with van der Waals surface area (Å²) in [7, 11) is -3.96. The summed E-state index contributed by atoms with van der Waals surface area (Å²) in [5.74, 6) is 0.534. The van der Waals surface area contributed by atoms with Crippen molar-refractivity contribution in [3.8, 4) is 0 Å². The second-order valence-corrected chi connectivity index (χ2v) is 3.74. The molecule has 0 aliphatic rings. The fraction of sp³-hybridized carbons (Fsp3) is 0.333. The summed E-state index contributed by atoms with van der Waals surface area (Å²) in [4.78, 5) is 2.20. The molecule has 0 bridgehead atoms. The molecule has 1 heterocycles. The molecule has 1 aromatic rings. The van der Waals surface area contributed by atoms with Crippen molar-refractivity contribution in [1.29, 1.82) is 0 Å². The van der Waals surface area contributed by atoms with Gasteiger partial charge in [0.05, 0.1) is 0 Å². The molecule has 0 saturated carbocycles. The topological polar surface area (TPSA) is 96.0 Å². The van der Waals surface area contributed by atoms with Crippen LogP contribution in [0.15, 0.2) is 26.2 Å². The molecule has 0 aliphatic carbocycles. The van der Waals surface area contributed by atoms with Crippen LogP contribution in [0.25, 0.3) is 10.4 Å². The van der Waals surface area contributed by atoms with Crippen molar-refractivity contribution >= 4 is 10.0 Å². The Morgan fingerprint density at radius 2 is 2.31 bits per heavy atom. The highest BCUT2D eigenvalue weighted by Crippen LogP contribution is 2.16. The zero-order chi connectivity index (χ0) is 9.90. The number of sulfonamides is 1. The summed E-state index contributed by atoms with van der Waals surface area (Å²) in [6.07, 6.45) is 0.589. The van der Waals surface area contributed by atoms with Crippen LogP contribution in [0.1, 0.15) is 12.7 Å². The van der Waals surface area contributed by atoms with Gasteiger partial charge in [-0.25, -0.2) is 8.42 Å². The van der Waals surface area contributed by atoms with E-state index < -0.39 is 10.0 Å². The van der Waals surface area contributed by atoms with E-state index in [-0.39, 0.29) is 5.09 Å². The minimum absolute atomic E-state index is 0.317. The first-order valence-corrected chi connectivity index (χ1v) is 4.94. The molecule has 0 N–H and O–H groups in total. The average Bonchev–Trinajstić information content (AvgIpc) is 2.52. The van der Waals surface area contributed by atoms with Gasteiger partial charge >= 0.3 is 0 Å². The van der Waals surface area contributed by atoms with Gasteiger partial charge in [0.25, 0.3) is 10.0 Å². The largest absolute Gasteiger partial charge is 0.449 e. The third-order valence-electron chi connectivity index (χ3n) is 1.38. The Kier molecular flexibility index (Phi) is 2.60. The highest BCUT2D eigenvalue weighted by atomic mass is 32.2. The van der Waals surface area contributed by atoms with Crippen LogP contribution in [-0.4, -0.2) is 8.42 Å². The number of aryl methyl sites for hydroxylation is 1. The fourth-order valence-corrected chi connectivity index (χ4v) is 1.40. The molecule has 13 heavy (non-hydrogen) atoms. The van der Waals surface area contributed by atoms with Crippen LogP contribution < -0.4 is 0 Å². The number of nitrogens with zero attached hydrogens (tertiary/aromatic N) is 3. The Labute approximate surface area is 74.9 Å². The predicted octanol–water partition coefficient (Wildman–Crippen LogP) is 1.84. The molecule has 0 fully saturated rings. The van der Waals surface area contributed by atoms with Crippen LogP contribution in [0.3, 0.4) is 0 Å². The second kappa shape index (κ2) is 3.51. The minimum Gasteiger partial charge on any atom is -0.449 e. The van der Waals surface area contributed by atoms with E-state index >= 15 is 0 Å². The molecule has 0 atom stereocenters. The maximum atomic E-state index is 11.0. The molecule has 0 aliphatic heterocycles. The minimum atomic E-state index is -3.96. The maximum absolute atomic E-state index is 11.0. The summed E-state index contributed by atoms with van der Waals surface area (Å²) in [5, 5.41) is -0.317. The van der Waals surface area contributed by atoms with Gasteiger partial charge in [-0.05, 0) is 17.7 Å². The van der Waals surface area contributed by atoms with Gasteiger partial charge in [0.15, 0.2) is 0 Å². The second-order valence-electron chi connectivity index (χ2n) is 2.22. The number of rotatable bonds is 3. The smallest absolute Gasteiger partial charge is 0.297 e. The van der Waals surface area contributed by atoms with Gasteiger partial charge in [-0.15, -0.1) is 0 Å². The van der Waals surface area contributed by atoms with Crippen LogP contribution in [0.5, 0.6) is 0 Å². The number of azide groups is 1. The quantitative estimate of drug-likeness (QED) is 0.424. The molecule has 6 nitrogen and oxygen atoms in total. The Balaban J connectivity index is 3.15. The van der Waals surface area contributed by atoms with E-state index in [1.165, 1.54) is 12.1 Å². The van der Waals surface area contributed by atoms with Crippen LogP contribution in [-0.2, 0) is 16.4 Å². The van der Waals surface area contributed by atoms with Gasteiger partial charge in [-0.2, -0.15) is 0 Å². The lowest BCUT2D eigenvalue weighted by atomic mass is 10.4. The van der Waals surface area contributed by atoms with Gasteiger partial charge in [-0.1, -0.05) is 6.92 Å². The van der Waals surface area contributed by atoms with E-state index in [2.05, 4.69) is 9.43 Å². The first-order valence-electron chi connectivity index (χ1n) is 3.50. The molecule has 0 spiro atoms. The molecule has 0 amide bonds. The monoisotopic (exact) mass is 201 g/mol. The van der Waals surface area contributed by atoms with E-state index in [1.54, 1.807) is 0 Å². The summed E-state index contributed by atoms with van der Waals surface area (Å²) in [5.41, 5.74) is 7.96. The van der Waals surface area contributed by atoms with Gasteiger partial charge in [0.2, 0.25) is 5.09 Å². The van der Waals surface area contributed by atoms with Crippen molar-refractivity contribution in [2.75, 3.05) is 0 Å². The van der Waals surface area contributed by atoms with Crippen molar-refractivity contribution < 1.29 is 12.8 Å². The van der Waals surface area contributed by atoms with E-state index in [0.717, 1.165) is 0 Å². The Hall–Kier alpha value is -1.46. The summed E-state index contributed by atoms with van der Waals surface area (Å²) >= 11 is 0. The van der Waals surface area contributed by atoms with Crippen LogP contribution in [0.2, 0.25) is 0 Å². The van der Waals surface area contributed by atoms with E-state index in [0.29, 0.717) is 12.2 Å². The lowest BCUT2D eigenvalue weighted by Crippen LogP contribution is -1.91. The predicted molar refractivity (Wildman–Crippen MR) is 44.4 cm³/mol. The van der Waals surface area contributed by atoms with Crippen LogP contribution >= 0.6 is 0 Å². The first kappa shape index (κ1) is 9.63. The molecular formula is C6H7N3O3S. The van der Waals surface area contributed by atoms with Crippen molar-refractivity contribution in [1.82, 2.24) is 0 Å². The Bertz CT molecular complexity index is 441. The van der Waals surface area contributed by atoms with Crippen molar-refractivity contribution in [2.45, 2.75) is 18.4 Å². The van der Waals surface area contributed by atoms with Gasteiger partial charge < -0.3 is 4.42 Å². The summed E-state index contributed by atoms with van der Waals surface area (Å²) in [6.45, 7) is 1.82. The summed E-state index contributed by atoms with van der Waals surface area (Å²) in [6, 6.07) is 2.79. The van der Waals surface area contributed by atoms with Crippen molar-refractivity contribution in [3.63, 3.8) is 0 Å². The first-order chi connectivity index (χ1) is 6.10. The normalized spacial score (nSPS) is 10.8. The van der Waals surface area contributed by atoms with Crippen molar-refractivity contribution in [2.24, 2.45) is 4.52 Å². The SMILES string of the molecule is CCc1ccc(S(=O)(=O)N=[N+]=[N-])o1. The summed E-state index contributed by atoms with van der Waals surface area (Å²) < 4.78 is 29.6. The highest BCUT2D eigenvalue weighted by Gasteiger charge is 2.16. The zero-order valence-electron chi connectivity index (χ0n) is 6.84. The van der Waals surface area contributed by atoms with E-state index in [4.69, 9.17) is 9.95 Å². The molecule has 0 radical (unpaired) electrons. The van der Waals surface area contributed by atoms with E-state index in [9.17, 15) is 8.42 Å². The van der Waals surface area contributed by atoms with Crippen molar-refractivity contribution in [3.05, 3.63) is 28.3 Å². The molecule has 0 saturated heterocycles. The van der Waals surface area contributed by atoms with Crippen LogP contribution in [0, 0.1) is 0 Å². The molecule has 1 aromatic heterocycles. The third-order valence-corrected chi connectivity index (χ3v) is 2.40. The lowest BCUT2D eigenvalue weighted by molar-refractivity contribution is 0.418.